The lowest BCUT2D eigenvalue weighted by molar-refractivity contribution is 0.237. The maximum Gasteiger partial charge on any atom is 0.255 e. The van der Waals surface area contributed by atoms with E-state index in [0.29, 0.717) is 24.6 Å². The molecule has 0 unspecified atom stereocenters. The van der Waals surface area contributed by atoms with Crippen LogP contribution in [0.2, 0.25) is 0 Å². The van der Waals surface area contributed by atoms with Crippen LogP contribution in [0.15, 0.2) is 23.0 Å². The number of H-pyrrole nitrogens is 1. The quantitative estimate of drug-likeness (QED) is 0.749. The van der Waals surface area contributed by atoms with Gasteiger partial charge < -0.3 is 15.2 Å². The standard InChI is InChI=1S/C17H19N3O3/c21-14-3-1-2-11(15(14)22)8-20-7-6-13-12(9-20)17(23)19-16(18-13)10-4-5-10/h1-3,10,21-22H,4-9H2,(H,18,19,23). The molecule has 1 aliphatic heterocycles. The first kappa shape index (κ1) is 14.3. The molecule has 120 valence electrons. The summed E-state index contributed by atoms with van der Waals surface area (Å²) >= 11 is 0. The van der Waals surface area contributed by atoms with E-state index < -0.39 is 0 Å². The molecule has 4 rings (SSSR count). The van der Waals surface area contributed by atoms with Crippen molar-refractivity contribution >= 4 is 0 Å². The average molecular weight is 313 g/mol. The molecule has 0 bridgehead atoms. The second-order valence-electron chi connectivity index (χ2n) is 6.40. The molecule has 2 aromatic rings. The van der Waals surface area contributed by atoms with E-state index >= 15 is 0 Å². The molecule has 0 atom stereocenters. The third-order valence-corrected chi connectivity index (χ3v) is 4.62. The van der Waals surface area contributed by atoms with Crippen molar-refractivity contribution in [2.45, 2.75) is 38.3 Å². The summed E-state index contributed by atoms with van der Waals surface area (Å²) in [6.45, 7) is 1.78. The number of para-hydroxylation sites is 1. The number of aromatic amines is 1. The molecule has 1 aromatic carbocycles. The van der Waals surface area contributed by atoms with Gasteiger partial charge in [-0.25, -0.2) is 4.98 Å². The zero-order valence-electron chi connectivity index (χ0n) is 12.7. The Morgan fingerprint density at radius 2 is 2.13 bits per heavy atom. The molecule has 6 nitrogen and oxygen atoms in total. The van der Waals surface area contributed by atoms with Crippen LogP contribution >= 0.6 is 0 Å². The van der Waals surface area contributed by atoms with E-state index in [2.05, 4.69) is 14.9 Å². The molecular formula is C17H19N3O3. The van der Waals surface area contributed by atoms with Crippen molar-refractivity contribution in [1.29, 1.82) is 0 Å². The average Bonchev–Trinajstić information content (AvgIpc) is 3.37. The van der Waals surface area contributed by atoms with Gasteiger partial charge in [0.2, 0.25) is 0 Å². The highest BCUT2D eigenvalue weighted by Crippen LogP contribution is 2.38. The largest absolute Gasteiger partial charge is 0.504 e. The normalized spacial score (nSPS) is 17.9. The number of hydrogen-bond acceptors (Lipinski definition) is 5. The fourth-order valence-corrected chi connectivity index (χ4v) is 3.13. The summed E-state index contributed by atoms with van der Waals surface area (Å²) in [6, 6.07) is 4.94. The Morgan fingerprint density at radius 1 is 1.30 bits per heavy atom. The zero-order chi connectivity index (χ0) is 16.0. The molecule has 1 fully saturated rings. The van der Waals surface area contributed by atoms with Crippen molar-refractivity contribution < 1.29 is 10.2 Å². The van der Waals surface area contributed by atoms with Gasteiger partial charge in [-0.15, -0.1) is 0 Å². The Morgan fingerprint density at radius 3 is 2.91 bits per heavy atom. The summed E-state index contributed by atoms with van der Waals surface area (Å²) in [5.41, 5.74) is 2.25. The first-order chi connectivity index (χ1) is 11.1. The third kappa shape index (κ3) is 2.70. The smallest absolute Gasteiger partial charge is 0.255 e. The van der Waals surface area contributed by atoms with Crippen LogP contribution in [0.4, 0.5) is 0 Å². The van der Waals surface area contributed by atoms with Crippen molar-refractivity contribution in [2.24, 2.45) is 0 Å². The highest BCUT2D eigenvalue weighted by atomic mass is 16.3. The summed E-state index contributed by atoms with van der Waals surface area (Å²) in [5, 5.41) is 19.5. The number of phenols is 2. The number of aromatic hydroxyl groups is 2. The molecule has 6 heteroatoms. The molecule has 0 spiro atoms. The number of aromatic nitrogens is 2. The Bertz CT molecular complexity index is 811. The predicted molar refractivity (Wildman–Crippen MR) is 84.4 cm³/mol. The first-order valence-electron chi connectivity index (χ1n) is 7.96. The number of hydrogen-bond donors (Lipinski definition) is 3. The Labute approximate surface area is 133 Å². The number of rotatable bonds is 3. The van der Waals surface area contributed by atoms with Crippen molar-refractivity contribution in [1.82, 2.24) is 14.9 Å². The van der Waals surface area contributed by atoms with Crippen LogP contribution in [0.3, 0.4) is 0 Å². The van der Waals surface area contributed by atoms with Crippen LogP contribution in [0.5, 0.6) is 11.5 Å². The fourth-order valence-electron chi connectivity index (χ4n) is 3.13. The van der Waals surface area contributed by atoms with Gasteiger partial charge in [0.15, 0.2) is 11.5 Å². The summed E-state index contributed by atoms with van der Waals surface area (Å²) < 4.78 is 0. The molecule has 1 saturated carbocycles. The molecule has 0 saturated heterocycles. The number of phenolic OH excluding ortho intramolecular Hbond substituents is 2. The molecule has 1 aliphatic carbocycles. The monoisotopic (exact) mass is 313 g/mol. The van der Waals surface area contributed by atoms with Gasteiger partial charge in [0, 0.05) is 37.5 Å². The predicted octanol–water partition coefficient (Wildman–Crippen LogP) is 1.62. The molecule has 2 aliphatic rings. The Hall–Kier alpha value is -2.34. The van der Waals surface area contributed by atoms with Crippen molar-refractivity contribution in [3.63, 3.8) is 0 Å². The summed E-state index contributed by atoms with van der Waals surface area (Å²) in [5.74, 6) is 1.08. The van der Waals surface area contributed by atoms with E-state index in [9.17, 15) is 15.0 Å². The highest BCUT2D eigenvalue weighted by Gasteiger charge is 2.29. The lowest BCUT2D eigenvalue weighted by Gasteiger charge is -2.28. The summed E-state index contributed by atoms with van der Waals surface area (Å²) in [4.78, 5) is 22.0. The van der Waals surface area contributed by atoms with Gasteiger partial charge in [0.1, 0.15) is 5.82 Å². The first-order valence-corrected chi connectivity index (χ1v) is 7.96. The topological polar surface area (TPSA) is 89.5 Å². The van der Waals surface area contributed by atoms with Crippen molar-refractivity contribution in [3.05, 3.63) is 51.2 Å². The minimum Gasteiger partial charge on any atom is -0.504 e. The maximum absolute atomic E-state index is 12.3. The van der Waals surface area contributed by atoms with E-state index in [1.807, 2.05) is 0 Å². The minimum atomic E-state index is -0.117. The van der Waals surface area contributed by atoms with E-state index in [0.717, 1.165) is 42.9 Å². The van der Waals surface area contributed by atoms with Crippen LogP contribution in [-0.2, 0) is 19.5 Å². The Kier molecular flexibility index (Phi) is 3.34. The van der Waals surface area contributed by atoms with Gasteiger partial charge in [-0.1, -0.05) is 12.1 Å². The van der Waals surface area contributed by atoms with E-state index in [1.165, 1.54) is 6.07 Å². The summed E-state index contributed by atoms with van der Waals surface area (Å²) in [6.07, 6.45) is 2.97. The van der Waals surface area contributed by atoms with Gasteiger partial charge in [0.25, 0.3) is 5.56 Å². The van der Waals surface area contributed by atoms with Crippen LogP contribution < -0.4 is 5.56 Å². The molecule has 23 heavy (non-hydrogen) atoms. The molecule has 0 amide bonds. The second-order valence-corrected chi connectivity index (χ2v) is 6.40. The van der Waals surface area contributed by atoms with Crippen molar-refractivity contribution in [2.75, 3.05) is 6.54 Å². The molecule has 1 aromatic heterocycles. The molecule has 0 radical (unpaired) electrons. The fraction of sp³-hybridized carbons (Fsp3) is 0.412. The van der Waals surface area contributed by atoms with Gasteiger partial charge in [-0.05, 0) is 18.9 Å². The van der Waals surface area contributed by atoms with E-state index in [1.54, 1.807) is 12.1 Å². The number of nitrogens with zero attached hydrogens (tertiary/aromatic N) is 2. The molecule has 2 heterocycles. The van der Waals surface area contributed by atoms with Gasteiger partial charge >= 0.3 is 0 Å². The van der Waals surface area contributed by atoms with E-state index in [-0.39, 0.29) is 17.1 Å². The number of benzene rings is 1. The highest BCUT2D eigenvalue weighted by molar-refractivity contribution is 5.44. The Balaban J connectivity index is 1.57. The SMILES string of the molecule is O=c1[nH]c(C2CC2)nc2c1CN(Cc1cccc(O)c1O)CC2. The lowest BCUT2D eigenvalue weighted by atomic mass is 10.1. The van der Waals surface area contributed by atoms with Crippen LogP contribution in [0.25, 0.3) is 0 Å². The lowest BCUT2D eigenvalue weighted by Crippen LogP contribution is -2.35. The van der Waals surface area contributed by atoms with Crippen molar-refractivity contribution in [3.8, 4) is 11.5 Å². The van der Waals surface area contributed by atoms with Gasteiger partial charge in [-0.2, -0.15) is 0 Å². The third-order valence-electron chi connectivity index (χ3n) is 4.62. The number of nitrogens with one attached hydrogen (secondary N) is 1. The number of fused-ring (bicyclic) bond motifs is 1. The van der Waals surface area contributed by atoms with Crippen LogP contribution in [0.1, 0.15) is 41.4 Å². The van der Waals surface area contributed by atoms with Crippen LogP contribution in [0, 0.1) is 0 Å². The second kappa shape index (κ2) is 5.38. The zero-order valence-corrected chi connectivity index (χ0v) is 12.7. The molecular weight excluding hydrogens is 294 g/mol. The van der Waals surface area contributed by atoms with Crippen LogP contribution in [-0.4, -0.2) is 31.6 Å². The van der Waals surface area contributed by atoms with Gasteiger partial charge in [0.05, 0.1) is 11.3 Å². The molecule has 3 N–H and O–H groups in total. The maximum atomic E-state index is 12.3. The van der Waals surface area contributed by atoms with E-state index in [4.69, 9.17) is 0 Å². The van der Waals surface area contributed by atoms with Gasteiger partial charge in [-0.3, -0.25) is 9.69 Å². The minimum absolute atomic E-state index is 0.0401. The summed E-state index contributed by atoms with van der Waals surface area (Å²) in [7, 11) is 0.